The molecule has 0 saturated carbocycles. The molecule has 0 bridgehead atoms. The molecule has 0 unspecified atom stereocenters. The predicted octanol–water partition coefficient (Wildman–Crippen LogP) is -2.95. The fourth-order valence-corrected chi connectivity index (χ4v) is 0. The molecule has 0 aromatic heterocycles. The number of rotatable bonds is 0. The van der Waals surface area contributed by atoms with E-state index >= 15 is 0 Å². The Morgan fingerprint density at radius 3 is 0.600 bits per heavy atom. The standard InChI is InChI=1S/Ce.2Na.2H2O.2H/h;;;2*1H2;;. The molecule has 0 heterocycles. The topological polar surface area (TPSA) is 63.0 Å². The molecule has 0 aliphatic carbocycles. The van der Waals surface area contributed by atoms with E-state index in [-0.39, 0.29) is 112 Å². The molecule has 0 amide bonds. The average molecular weight is 224 g/mol. The van der Waals surface area contributed by atoms with Crippen molar-refractivity contribution in [3.63, 3.8) is 0 Å². The predicted molar refractivity (Wildman–Crippen MR) is 21.5 cm³/mol. The molecule has 0 aromatic rings. The molecule has 0 aliphatic heterocycles. The minimum atomic E-state index is 0. The van der Waals surface area contributed by atoms with Crippen molar-refractivity contribution in [1.82, 2.24) is 0 Å². The van der Waals surface area contributed by atoms with E-state index in [2.05, 4.69) is 0 Å². The van der Waals surface area contributed by atoms with Crippen LogP contribution >= 0.6 is 0 Å². The summed E-state index contributed by atoms with van der Waals surface area (Å²) in [6, 6.07) is 0. The summed E-state index contributed by atoms with van der Waals surface area (Å²) in [6.45, 7) is 0. The maximum absolute atomic E-state index is 0. The van der Waals surface area contributed by atoms with Crippen molar-refractivity contribution in [2.45, 2.75) is 0 Å². The Labute approximate surface area is 109 Å². The summed E-state index contributed by atoms with van der Waals surface area (Å²) in [7, 11) is 0. The van der Waals surface area contributed by atoms with Crippen molar-refractivity contribution in [3.8, 4) is 0 Å². The molecular weight excluding hydrogens is 218 g/mol. The fraction of sp³-hybridized carbons (Fsp3) is 0. The van der Waals surface area contributed by atoms with Crippen LogP contribution in [0.4, 0.5) is 0 Å². The van der Waals surface area contributed by atoms with E-state index in [9.17, 15) is 0 Å². The number of hydrogen-bond acceptors (Lipinski definition) is 0. The second-order valence-corrected chi connectivity index (χ2v) is 0. The zero-order chi connectivity index (χ0) is 0. The van der Waals surface area contributed by atoms with Crippen LogP contribution in [0.15, 0.2) is 0 Å². The Hall–Kier alpha value is 3.30. The van der Waals surface area contributed by atoms with Crippen LogP contribution in [0.2, 0.25) is 0 Å². The van der Waals surface area contributed by atoms with Crippen LogP contribution in [0.5, 0.6) is 0 Å². The first-order valence-electron chi connectivity index (χ1n) is 0. The van der Waals surface area contributed by atoms with Gasteiger partial charge in [0.2, 0.25) is 0 Å². The van der Waals surface area contributed by atoms with Gasteiger partial charge in [0, 0.05) is 41.7 Å². The molecule has 4 N–H and O–H groups in total. The first-order chi connectivity index (χ1) is 0. The monoisotopic (exact) mass is 224 g/mol. The van der Waals surface area contributed by atoms with Crippen LogP contribution in [0.1, 0.15) is 0 Å². The van der Waals surface area contributed by atoms with E-state index in [1.165, 1.54) is 0 Å². The second-order valence-electron chi connectivity index (χ2n) is 0. The molecular formula is H6CeNa2O2. The van der Waals surface area contributed by atoms with Gasteiger partial charge in [-0.2, -0.15) is 0 Å². The summed E-state index contributed by atoms with van der Waals surface area (Å²) in [5.74, 6) is 0. The van der Waals surface area contributed by atoms with Gasteiger partial charge in [0.25, 0.3) is 0 Å². The summed E-state index contributed by atoms with van der Waals surface area (Å²) < 4.78 is 0. The summed E-state index contributed by atoms with van der Waals surface area (Å²) >= 11 is 0. The third-order valence-corrected chi connectivity index (χ3v) is 0. The summed E-state index contributed by atoms with van der Waals surface area (Å²) in [6.07, 6.45) is 0. The van der Waals surface area contributed by atoms with Crippen molar-refractivity contribution in [1.29, 1.82) is 0 Å². The van der Waals surface area contributed by atoms with E-state index in [4.69, 9.17) is 0 Å². The van der Waals surface area contributed by atoms with Crippen LogP contribution in [0, 0.1) is 41.7 Å². The average Bonchev–Trinajstić information content (AvgIpc) is 0. The van der Waals surface area contributed by atoms with Crippen molar-refractivity contribution in [2.24, 2.45) is 0 Å². The van der Waals surface area contributed by atoms with Gasteiger partial charge in [0.15, 0.2) is 0 Å². The molecule has 0 aromatic carbocycles. The van der Waals surface area contributed by atoms with Crippen molar-refractivity contribution in [3.05, 3.63) is 0 Å². The van der Waals surface area contributed by atoms with Crippen molar-refractivity contribution < 1.29 is 52.7 Å². The van der Waals surface area contributed by atoms with E-state index in [0.717, 1.165) is 0 Å². The molecule has 0 rings (SSSR count). The molecule has 0 radical (unpaired) electrons. The Balaban J connectivity index is 0. The number of hydrogen-bond donors (Lipinski definition) is 0. The Morgan fingerprint density at radius 1 is 0.600 bits per heavy atom. The zero-order valence-corrected chi connectivity index (χ0v) is 4.64. The second kappa shape index (κ2) is 26.6. The molecule has 0 atom stereocenters. The molecule has 5 heavy (non-hydrogen) atoms. The molecule has 0 fully saturated rings. The molecule has 0 spiro atoms. The Kier molecular flexibility index (Phi) is 216. The first-order valence-corrected chi connectivity index (χ1v) is 0. The van der Waals surface area contributed by atoms with E-state index in [1.807, 2.05) is 0 Å². The van der Waals surface area contributed by atoms with Crippen molar-refractivity contribution in [2.75, 3.05) is 0 Å². The van der Waals surface area contributed by atoms with Crippen LogP contribution in [-0.2, 0) is 0 Å². The van der Waals surface area contributed by atoms with Crippen LogP contribution in [-0.4, -0.2) is 70.1 Å². The van der Waals surface area contributed by atoms with Gasteiger partial charge < -0.3 is 11.0 Å². The quantitative estimate of drug-likeness (QED) is 0.395. The van der Waals surface area contributed by atoms with Gasteiger partial charge >= 0.3 is 59.1 Å². The maximum atomic E-state index is 0. The van der Waals surface area contributed by atoms with Gasteiger partial charge in [-0.1, -0.05) is 0 Å². The van der Waals surface area contributed by atoms with E-state index < -0.39 is 0 Å². The van der Waals surface area contributed by atoms with Gasteiger partial charge in [-0.3, -0.25) is 0 Å². The summed E-state index contributed by atoms with van der Waals surface area (Å²) in [5, 5.41) is 0. The molecule has 2 nitrogen and oxygen atoms in total. The first kappa shape index (κ1) is 40.6. The van der Waals surface area contributed by atoms with Gasteiger partial charge in [-0.05, 0) is 0 Å². The molecule has 0 aliphatic rings. The Bertz CT molecular complexity index is 7.61. The zero-order valence-electron chi connectivity index (χ0n) is 1.50. The SMILES string of the molecule is O.O.[Ce].[NaH].[NaH]. The van der Waals surface area contributed by atoms with Crippen LogP contribution in [0.25, 0.3) is 0 Å². The van der Waals surface area contributed by atoms with Gasteiger partial charge in [0.05, 0.1) is 0 Å². The Morgan fingerprint density at radius 2 is 0.600 bits per heavy atom. The molecule has 24 valence electrons. The molecule has 5 heteroatoms. The van der Waals surface area contributed by atoms with Gasteiger partial charge in [-0.25, -0.2) is 0 Å². The van der Waals surface area contributed by atoms with Crippen LogP contribution in [0.3, 0.4) is 0 Å². The van der Waals surface area contributed by atoms with Crippen LogP contribution < -0.4 is 0 Å². The minimum absolute atomic E-state index is 0. The normalized spacial score (nSPS) is 0. The third-order valence-electron chi connectivity index (χ3n) is 0. The summed E-state index contributed by atoms with van der Waals surface area (Å²) in [5.41, 5.74) is 0. The van der Waals surface area contributed by atoms with E-state index in [1.54, 1.807) is 0 Å². The molecule has 0 saturated heterocycles. The van der Waals surface area contributed by atoms with Gasteiger partial charge in [-0.15, -0.1) is 0 Å². The fourth-order valence-electron chi connectivity index (χ4n) is 0. The van der Waals surface area contributed by atoms with E-state index in [0.29, 0.717) is 0 Å². The summed E-state index contributed by atoms with van der Waals surface area (Å²) in [4.78, 5) is 0. The van der Waals surface area contributed by atoms with Crippen molar-refractivity contribution >= 4 is 59.1 Å². The third kappa shape index (κ3) is 18.8. The van der Waals surface area contributed by atoms with Gasteiger partial charge in [0.1, 0.15) is 0 Å².